The highest BCUT2D eigenvalue weighted by Gasteiger charge is 2.40. The molecule has 100 valence electrons. The van der Waals surface area contributed by atoms with Crippen LogP contribution in [-0.4, -0.2) is 28.5 Å². The maximum Gasteiger partial charge on any atom is 0.494 e. The molecular weight excluding hydrogens is 241 g/mol. The number of hydrogen-bond acceptors (Lipinski definition) is 3. The molecule has 6 heteroatoms. The molecule has 0 saturated carbocycles. The van der Waals surface area contributed by atoms with Crippen molar-refractivity contribution in [1.29, 1.82) is 0 Å². The minimum Gasteiger partial charge on any atom is -0.423 e. The standard InChI is InChI=1S/C12H17BF2O3/c1-11(2,16)12(3,4)18-13(17)9-6-5-8(14)7-10(9)15/h5-7,16-17H,1-4H3. The Bertz CT molecular complexity index is 430. The summed E-state index contributed by atoms with van der Waals surface area (Å²) < 4.78 is 31.4. The third-order valence-electron chi connectivity index (χ3n) is 3.11. The van der Waals surface area contributed by atoms with Crippen molar-refractivity contribution in [3.63, 3.8) is 0 Å². The van der Waals surface area contributed by atoms with Gasteiger partial charge in [-0.2, -0.15) is 0 Å². The fraction of sp³-hybridized carbons (Fsp3) is 0.500. The van der Waals surface area contributed by atoms with E-state index >= 15 is 0 Å². The van der Waals surface area contributed by atoms with Crippen molar-refractivity contribution in [3.05, 3.63) is 29.8 Å². The summed E-state index contributed by atoms with van der Waals surface area (Å²) in [4.78, 5) is 0. The van der Waals surface area contributed by atoms with Crippen LogP contribution in [0.5, 0.6) is 0 Å². The van der Waals surface area contributed by atoms with E-state index in [9.17, 15) is 18.9 Å². The molecule has 1 aromatic rings. The lowest BCUT2D eigenvalue weighted by atomic mass is 9.76. The SMILES string of the molecule is CC(C)(O)C(C)(C)OB(O)c1ccc(F)cc1F. The Kier molecular flexibility index (Phi) is 4.15. The third-order valence-corrected chi connectivity index (χ3v) is 3.11. The Balaban J connectivity index is 2.92. The van der Waals surface area contributed by atoms with Gasteiger partial charge < -0.3 is 14.8 Å². The van der Waals surface area contributed by atoms with Gasteiger partial charge in [-0.3, -0.25) is 0 Å². The summed E-state index contributed by atoms with van der Waals surface area (Å²) in [6, 6.07) is 2.80. The van der Waals surface area contributed by atoms with Gasteiger partial charge in [-0.05, 0) is 33.8 Å². The van der Waals surface area contributed by atoms with E-state index in [0.29, 0.717) is 6.07 Å². The number of aliphatic hydroxyl groups is 1. The first kappa shape index (κ1) is 15.1. The minimum atomic E-state index is -1.58. The van der Waals surface area contributed by atoms with Crippen LogP contribution >= 0.6 is 0 Å². The first-order valence-corrected chi connectivity index (χ1v) is 5.58. The van der Waals surface area contributed by atoms with Gasteiger partial charge in [0.05, 0.1) is 11.2 Å². The highest BCUT2D eigenvalue weighted by molar-refractivity contribution is 6.60. The molecule has 0 spiro atoms. The summed E-state index contributed by atoms with van der Waals surface area (Å²) in [5.74, 6) is -1.63. The first-order valence-electron chi connectivity index (χ1n) is 5.58. The molecule has 0 aromatic heterocycles. The van der Waals surface area contributed by atoms with Gasteiger partial charge in [0.1, 0.15) is 11.6 Å². The van der Waals surface area contributed by atoms with E-state index < -0.39 is 30.0 Å². The summed E-state index contributed by atoms with van der Waals surface area (Å²) in [6.45, 7) is 6.16. The highest BCUT2D eigenvalue weighted by atomic mass is 19.1. The zero-order valence-corrected chi connectivity index (χ0v) is 10.9. The van der Waals surface area contributed by atoms with Crippen molar-refractivity contribution in [2.75, 3.05) is 0 Å². The van der Waals surface area contributed by atoms with Crippen molar-refractivity contribution in [1.82, 2.24) is 0 Å². The average Bonchev–Trinajstić information content (AvgIpc) is 2.14. The zero-order chi connectivity index (χ0) is 14.1. The second-order valence-electron chi connectivity index (χ2n) is 5.21. The summed E-state index contributed by atoms with van der Waals surface area (Å²) in [5, 5.41) is 19.7. The average molecular weight is 258 g/mol. The molecule has 0 unspecified atom stereocenters. The Labute approximate surface area is 106 Å². The van der Waals surface area contributed by atoms with Crippen LogP contribution in [0.25, 0.3) is 0 Å². The molecule has 0 radical (unpaired) electrons. The Morgan fingerprint density at radius 1 is 1.17 bits per heavy atom. The van der Waals surface area contributed by atoms with Gasteiger partial charge in [-0.15, -0.1) is 0 Å². The molecule has 0 aliphatic carbocycles. The monoisotopic (exact) mass is 258 g/mol. The van der Waals surface area contributed by atoms with Crippen molar-refractivity contribution >= 4 is 12.6 Å². The molecule has 0 atom stereocenters. The number of rotatable bonds is 4. The number of benzene rings is 1. The van der Waals surface area contributed by atoms with Gasteiger partial charge in [0, 0.05) is 11.5 Å². The molecule has 0 amide bonds. The lowest BCUT2D eigenvalue weighted by Crippen LogP contribution is -2.53. The molecule has 1 aromatic carbocycles. The van der Waals surface area contributed by atoms with Crippen LogP contribution in [0, 0.1) is 11.6 Å². The van der Waals surface area contributed by atoms with E-state index in [4.69, 9.17) is 4.65 Å². The lowest BCUT2D eigenvalue weighted by molar-refractivity contribution is -0.0983. The largest absolute Gasteiger partial charge is 0.494 e. The van der Waals surface area contributed by atoms with Crippen LogP contribution < -0.4 is 5.46 Å². The van der Waals surface area contributed by atoms with E-state index in [-0.39, 0.29) is 5.46 Å². The molecule has 0 aliphatic heterocycles. The molecule has 3 nitrogen and oxygen atoms in total. The van der Waals surface area contributed by atoms with E-state index in [2.05, 4.69) is 0 Å². The zero-order valence-electron chi connectivity index (χ0n) is 10.9. The van der Waals surface area contributed by atoms with Gasteiger partial charge in [0.2, 0.25) is 0 Å². The molecule has 0 saturated heterocycles. The summed E-state index contributed by atoms with van der Waals surface area (Å²) in [6.07, 6.45) is 0. The van der Waals surface area contributed by atoms with Crippen LogP contribution in [0.4, 0.5) is 8.78 Å². The van der Waals surface area contributed by atoms with Crippen LogP contribution in [0.3, 0.4) is 0 Å². The first-order chi connectivity index (χ1) is 8.04. The van der Waals surface area contributed by atoms with E-state index in [1.165, 1.54) is 13.8 Å². The number of hydrogen-bond donors (Lipinski definition) is 2. The summed E-state index contributed by atoms with van der Waals surface area (Å²) in [7, 11) is -1.58. The van der Waals surface area contributed by atoms with Gasteiger partial charge in [-0.25, -0.2) is 8.78 Å². The second-order valence-corrected chi connectivity index (χ2v) is 5.21. The van der Waals surface area contributed by atoms with Gasteiger partial charge in [0.15, 0.2) is 0 Å². The fourth-order valence-corrected chi connectivity index (χ4v) is 1.19. The van der Waals surface area contributed by atoms with E-state index in [0.717, 1.165) is 12.1 Å². The van der Waals surface area contributed by atoms with Crippen molar-refractivity contribution < 1.29 is 23.6 Å². The lowest BCUT2D eigenvalue weighted by Gasteiger charge is -2.38. The molecule has 1 rings (SSSR count). The van der Waals surface area contributed by atoms with Gasteiger partial charge in [-0.1, -0.05) is 6.07 Å². The van der Waals surface area contributed by atoms with E-state index in [1.54, 1.807) is 13.8 Å². The smallest absolute Gasteiger partial charge is 0.423 e. The third kappa shape index (κ3) is 3.28. The predicted octanol–water partition coefficient (Wildman–Crippen LogP) is 1.22. The van der Waals surface area contributed by atoms with Gasteiger partial charge >= 0.3 is 7.12 Å². The number of halogens is 2. The molecule has 0 fully saturated rings. The fourth-order valence-electron chi connectivity index (χ4n) is 1.19. The molecular formula is C12H17BF2O3. The van der Waals surface area contributed by atoms with Crippen LogP contribution in [0.1, 0.15) is 27.7 Å². The maximum absolute atomic E-state index is 13.4. The normalized spacial score (nSPS) is 12.7. The minimum absolute atomic E-state index is 0.172. The highest BCUT2D eigenvalue weighted by Crippen LogP contribution is 2.25. The summed E-state index contributed by atoms with van der Waals surface area (Å²) >= 11 is 0. The topological polar surface area (TPSA) is 49.7 Å². The van der Waals surface area contributed by atoms with E-state index in [1.807, 2.05) is 0 Å². The summed E-state index contributed by atoms with van der Waals surface area (Å²) in [5.41, 5.74) is -2.51. The van der Waals surface area contributed by atoms with Crippen LogP contribution in [0.2, 0.25) is 0 Å². The maximum atomic E-state index is 13.4. The molecule has 18 heavy (non-hydrogen) atoms. The molecule has 0 bridgehead atoms. The van der Waals surface area contributed by atoms with Crippen LogP contribution in [0.15, 0.2) is 18.2 Å². The molecule has 2 N–H and O–H groups in total. The van der Waals surface area contributed by atoms with Crippen LogP contribution in [-0.2, 0) is 4.65 Å². The second kappa shape index (κ2) is 4.95. The molecule has 0 aliphatic rings. The quantitative estimate of drug-likeness (QED) is 0.798. The Morgan fingerprint density at radius 3 is 2.17 bits per heavy atom. The Hall–Kier alpha value is -0.975. The van der Waals surface area contributed by atoms with Crippen molar-refractivity contribution in [2.45, 2.75) is 38.9 Å². The Morgan fingerprint density at radius 2 is 1.72 bits per heavy atom. The van der Waals surface area contributed by atoms with Crippen molar-refractivity contribution in [3.8, 4) is 0 Å². The van der Waals surface area contributed by atoms with Crippen molar-refractivity contribution in [2.24, 2.45) is 0 Å². The predicted molar refractivity (Wildman–Crippen MR) is 65.4 cm³/mol. The van der Waals surface area contributed by atoms with Gasteiger partial charge in [0.25, 0.3) is 0 Å². The molecule has 0 heterocycles.